The Bertz CT molecular complexity index is 969. The maximum Gasteiger partial charge on any atom is 0.249 e. The van der Waals surface area contributed by atoms with E-state index in [0.29, 0.717) is 18.0 Å². The van der Waals surface area contributed by atoms with Gasteiger partial charge in [0.15, 0.2) is 0 Å². The fraction of sp³-hybridized carbons (Fsp3) is 0.222. The number of anilines is 1. The van der Waals surface area contributed by atoms with Crippen molar-refractivity contribution in [2.24, 2.45) is 0 Å². The van der Waals surface area contributed by atoms with Crippen molar-refractivity contribution in [1.82, 2.24) is 20.3 Å². The van der Waals surface area contributed by atoms with Crippen LogP contribution in [0.15, 0.2) is 48.5 Å². The van der Waals surface area contributed by atoms with Gasteiger partial charge in [-0.15, -0.1) is 5.10 Å². The van der Waals surface area contributed by atoms with E-state index < -0.39 is 6.04 Å². The number of nitrogens with one attached hydrogen (secondary N) is 1. The SMILES string of the molecule is O=C(Cn1nnc2ccccc21)NC1CCN(c2ccc(Cl)cc2)C1=O. The van der Waals surface area contributed by atoms with E-state index in [2.05, 4.69) is 15.6 Å². The second-order valence-electron chi connectivity index (χ2n) is 6.11. The average Bonchev–Trinajstić information content (AvgIpc) is 3.21. The van der Waals surface area contributed by atoms with Gasteiger partial charge in [-0.25, -0.2) is 4.68 Å². The van der Waals surface area contributed by atoms with Gasteiger partial charge in [-0.2, -0.15) is 0 Å². The van der Waals surface area contributed by atoms with Gasteiger partial charge >= 0.3 is 0 Å². The number of fused-ring (bicyclic) bond motifs is 1. The molecule has 1 atom stereocenters. The van der Waals surface area contributed by atoms with Crippen LogP contribution in [-0.2, 0) is 16.1 Å². The molecule has 2 heterocycles. The number of halogens is 1. The monoisotopic (exact) mass is 369 g/mol. The molecule has 0 aliphatic carbocycles. The highest BCUT2D eigenvalue weighted by Gasteiger charge is 2.33. The lowest BCUT2D eigenvalue weighted by molar-refractivity contribution is -0.126. The third kappa shape index (κ3) is 3.13. The van der Waals surface area contributed by atoms with Crippen molar-refractivity contribution >= 4 is 40.1 Å². The lowest BCUT2D eigenvalue weighted by Gasteiger charge is -2.17. The molecule has 1 saturated heterocycles. The molecule has 7 nitrogen and oxygen atoms in total. The smallest absolute Gasteiger partial charge is 0.249 e. The molecule has 1 N–H and O–H groups in total. The first kappa shape index (κ1) is 16.5. The molecule has 0 radical (unpaired) electrons. The second-order valence-corrected chi connectivity index (χ2v) is 6.55. The van der Waals surface area contributed by atoms with Gasteiger partial charge in [0.25, 0.3) is 0 Å². The molecule has 1 unspecified atom stereocenters. The number of carbonyl (C=O) groups is 2. The normalized spacial score (nSPS) is 17.0. The summed E-state index contributed by atoms with van der Waals surface area (Å²) in [4.78, 5) is 26.6. The van der Waals surface area contributed by atoms with Gasteiger partial charge in [0.05, 0.1) is 5.52 Å². The lowest BCUT2D eigenvalue weighted by Crippen LogP contribution is -2.42. The summed E-state index contributed by atoms with van der Waals surface area (Å²) in [6.07, 6.45) is 0.561. The summed E-state index contributed by atoms with van der Waals surface area (Å²) >= 11 is 5.89. The predicted octanol–water partition coefficient (Wildman–Crippen LogP) is 2.01. The summed E-state index contributed by atoms with van der Waals surface area (Å²) in [5, 5.41) is 11.4. The summed E-state index contributed by atoms with van der Waals surface area (Å²) in [6, 6.07) is 14.0. The molecule has 0 saturated carbocycles. The molecule has 2 aromatic carbocycles. The number of benzene rings is 2. The molecule has 26 heavy (non-hydrogen) atoms. The summed E-state index contributed by atoms with van der Waals surface area (Å²) in [6.45, 7) is 0.572. The Morgan fingerprint density at radius 1 is 1.19 bits per heavy atom. The number of para-hydroxylation sites is 1. The molecule has 1 aliphatic rings. The topological polar surface area (TPSA) is 80.1 Å². The highest BCUT2D eigenvalue weighted by Crippen LogP contribution is 2.23. The van der Waals surface area contributed by atoms with Gasteiger partial charge in [0.2, 0.25) is 11.8 Å². The standard InChI is InChI=1S/C18H16ClN5O2/c19-12-5-7-13(8-6-12)23-10-9-15(18(23)26)20-17(25)11-24-16-4-2-1-3-14(16)21-22-24/h1-8,15H,9-11H2,(H,20,25). The van der Waals surface area contributed by atoms with Crippen LogP contribution in [0, 0.1) is 0 Å². The van der Waals surface area contributed by atoms with Crippen LogP contribution in [0.1, 0.15) is 6.42 Å². The Morgan fingerprint density at radius 2 is 1.96 bits per heavy atom. The van der Waals surface area contributed by atoms with Crippen LogP contribution in [0.3, 0.4) is 0 Å². The zero-order valence-corrected chi connectivity index (χ0v) is 14.6. The quantitative estimate of drug-likeness (QED) is 0.762. The number of amides is 2. The molecular weight excluding hydrogens is 354 g/mol. The lowest BCUT2D eigenvalue weighted by atomic mass is 10.2. The zero-order chi connectivity index (χ0) is 18.1. The summed E-state index contributed by atoms with van der Waals surface area (Å²) < 4.78 is 1.53. The van der Waals surface area contributed by atoms with Crippen LogP contribution < -0.4 is 10.2 Å². The van der Waals surface area contributed by atoms with Crippen molar-refractivity contribution < 1.29 is 9.59 Å². The van der Waals surface area contributed by atoms with Crippen LogP contribution in [0.4, 0.5) is 5.69 Å². The number of aromatic nitrogens is 3. The highest BCUT2D eigenvalue weighted by molar-refractivity contribution is 6.30. The minimum Gasteiger partial charge on any atom is -0.343 e. The van der Waals surface area contributed by atoms with Crippen molar-refractivity contribution in [1.29, 1.82) is 0 Å². The van der Waals surface area contributed by atoms with Gasteiger partial charge in [-0.3, -0.25) is 9.59 Å². The van der Waals surface area contributed by atoms with Gasteiger partial charge in [-0.05, 0) is 42.8 Å². The van der Waals surface area contributed by atoms with Gasteiger partial charge in [-0.1, -0.05) is 28.9 Å². The first-order valence-electron chi connectivity index (χ1n) is 8.26. The number of nitrogens with zero attached hydrogens (tertiary/aromatic N) is 4. The van der Waals surface area contributed by atoms with E-state index in [0.717, 1.165) is 16.7 Å². The van der Waals surface area contributed by atoms with Crippen LogP contribution in [-0.4, -0.2) is 39.4 Å². The fourth-order valence-electron chi connectivity index (χ4n) is 3.10. The van der Waals surface area contributed by atoms with Crippen LogP contribution in [0.5, 0.6) is 0 Å². The molecule has 2 amide bonds. The van der Waals surface area contributed by atoms with Crippen molar-refractivity contribution in [3.63, 3.8) is 0 Å². The molecule has 1 aliphatic heterocycles. The molecule has 0 bridgehead atoms. The Balaban J connectivity index is 1.42. The second kappa shape index (κ2) is 6.76. The first-order chi connectivity index (χ1) is 12.6. The maximum absolute atomic E-state index is 12.6. The molecule has 1 fully saturated rings. The number of carbonyl (C=O) groups excluding carboxylic acids is 2. The van der Waals surface area contributed by atoms with Gasteiger partial charge in [0.1, 0.15) is 18.1 Å². The Labute approximate surface area is 154 Å². The largest absolute Gasteiger partial charge is 0.343 e. The average molecular weight is 370 g/mol. The minimum atomic E-state index is -0.534. The van der Waals surface area contributed by atoms with Crippen LogP contribution >= 0.6 is 11.6 Å². The highest BCUT2D eigenvalue weighted by atomic mass is 35.5. The van der Waals surface area contributed by atoms with Crippen molar-refractivity contribution in [3.8, 4) is 0 Å². The van der Waals surface area contributed by atoms with Crippen molar-refractivity contribution in [2.45, 2.75) is 19.0 Å². The number of hydrogen-bond acceptors (Lipinski definition) is 4. The summed E-state index contributed by atoms with van der Waals surface area (Å²) in [5.74, 6) is -0.388. The van der Waals surface area contributed by atoms with E-state index in [1.807, 2.05) is 24.3 Å². The van der Waals surface area contributed by atoms with Crippen molar-refractivity contribution in [3.05, 3.63) is 53.6 Å². The van der Waals surface area contributed by atoms with Crippen LogP contribution in [0.2, 0.25) is 5.02 Å². The Kier molecular flexibility index (Phi) is 4.30. The molecule has 8 heteroatoms. The summed E-state index contributed by atoms with van der Waals surface area (Å²) in [7, 11) is 0. The number of rotatable bonds is 4. The van der Waals surface area contributed by atoms with E-state index in [-0.39, 0.29) is 18.4 Å². The number of hydrogen-bond donors (Lipinski definition) is 1. The molecule has 3 aromatic rings. The van der Waals surface area contributed by atoms with Crippen LogP contribution in [0.25, 0.3) is 11.0 Å². The Morgan fingerprint density at radius 3 is 2.77 bits per heavy atom. The van der Waals surface area contributed by atoms with E-state index in [9.17, 15) is 9.59 Å². The Hall–Kier alpha value is -2.93. The van der Waals surface area contributed by atoms with Crippen molar-refractivity contribution in [2.75, 3.05) is 11.4 Å². The summed E-state index contributed by atoms with van der Waals surface area (Å²) in [5.41, 5.74) is 2.28. The van der Waals surface area contributed by atoms with E-state index in [4.69, 9.17) is 11.6 Å². The minimum absolute atomic E-state index is 0.0191. The van der Waals surface area contributed by atoms with Gasteiger partial charge < -0.3 is 10.2 Å². The zero-order valence-electron chi connectivity index (χ0n) is 13.8. The van der Waals surface area contributed by atoms with Gasteiger partial charge in [0, 0.05) is 17.3 Å². The predicted molar refractivity (Wildman–Crippen MR) is 97.9 cm³/mol. The molecule has 0 spiro atoms. The fourth-order valence-corrected chi connectivity index (χ4v) is 3.23. The molecular formula is C18H16ClN5O2. The third-order valence-electron chi connectivity index (χ3n) is 4.39. The third-order valence-corrected chi connectivity index (χ3v) is 4.64. The maximum atomic E-state index is 12.6. The molecule has 4 rings (SSSR count). The molecule has 132 valence electrons. The first-order valence-corrected chi connectivity index (χ1v) is 8.64. The van der Waals surface area contributed by atoms with E-state index in [1.165, 1.54) is 4.68 Å². The van der Waals surface area contributed by atoms with E-state index >= 15 is 0 Å². The van der Waals surface area contributed by atoms with E-state index in [1.54, 1.807) is 29.2 Å². The molecule has 1 aromatic heterocycles.